The highest BCUT2D eigenvalue weighted by Gasteiger charge is 2.52. The van der Waals surface area contributed by atoms with Crippen molar-refractivity contribution in [2.45, 2.75) is 43.9 Å². The molecule has 20 heavy (non-hydrogen) atoms. The van der Waals surface area contributed by atoms with Crippen LogP contribution in [0.1, 0.15) is 44.2 Å². The van der Waals surface area contributed by atoms with Crippen molar-refractivity contribution in [3.63, 3.8) is 0 Å². The third-order valence-electron chi connectivity index (χ3n) is 6.25. The second-order valence-corrected chi connectivity index (χ2v) is 7.73. The van der Waals surface area contributed by atoms with Gasteiger partial charge in [-0.05, 0) is 80.5 Å². The van der Waals surface area contributed by atoms with Crippen molar-refractivity contribution < 1.29 is 0 Å². The summed E-state index contributed by atoms with van der Waals surface area (Å²) in [5, 5.41) is 1.29. The summed E-state index contributed by atoms with van der Waals surface area (Å²) in [6.07, 6.45) is 8.77. The highest BCUT2D eigenvalue weighted by molar-refractivity contribution is 5.83. The normalized spacial score (nSPS) is 38.7. The van der Waals surface area contributed by atoms with E-state index < -0.39 is 0 Å². The summed E-state index contributed by atoms with van der Waals surface area (Å²) in [5.41, 5.74) is 10.0. The third-order valence-corrected chi connectivity index (χ3v) is 6.25. The molecule has 0 spiro atoms. The van der Waals surface area contributed by atoms with Crippen LogP contribution in [0.15, 0.2) is 24.3 Å². The van der Waals surface area contributed by atoms with Crippen LogP contribution in [0, 0.1) is 17.8 Å². The lowest BCUT2D eigenvalue weighted by Crippen LogP contribution is -2.48. The number of nitrogens with one attached hydrogen (secondary N) is 1. The molecule has 4 fully saturated rings. The monoisotopic (exact) mass is 266 g/mol. The van der Waals surface area contributed by atoms with Crippen LogP contribution >= 0.6 is 0 Å². The van der Waals surface area contributed by atoms with E-state index in [1.165, 1.54) is 55.1 Å². The molecule has 3 N–H and O–H groups in total. The molecule has 0 saturated heterocycles. The molecule has 4 aliphatic carbocycles. The zero-order chi connectivity index (χ0) is 13.3. The van der Waals surface area contributed by atoms with Gasteiger partial charge in [-0.25, -0.2) is 0 Å². The number of benzene rings is 1. The smallest absolute Gasteiger partial charge is 0.0457 e. The first kappa shape index (κ1) is 11.2. The van der Waals surface area contributed by atoms with Crippen LogP contribution in [0.4, 0.5) is 5.69 Å². The number of hydrogen-bond acceptors (Lipinski definition) is 1. The number of rotatable bonds is 1. The summed E-state index contributed by atoms with van der Waals surface area (Å²) in [7, 11) is 0. The van der Waals surface area contributed by atoms with Gasteiger partial charge in [-0.1, -0.05) is 0 Å². The molecule has 4 saturated carbocycles. The van der Waals surface area contributed by atoms with Crippen molar-refractivity contribution in [2.75, 3.05) is 5.73 Å². The molecule has 0 unspecified atom stereocenters. The number of nitrogen functional groups attached to an aromatic ring is 1. The van der Waals surface area contributed by atoms with Crippen molar-refractivity contribution in [1.82, 2.24) is 4.98 Å². The van der Waals surface area contributed by atoms with Gasteiger partial charge < -0.3 is 10.7 Å². The Balaban J connectivity index is 1.63. The van der Waals surface area contributed by atoms with Gasteiger partial charge in [0.15, 0.2) is 0 Å². The first-order chi connectivity index (χ1) is 9.70. The SMILES string of the molecule is Nc1ccc2[nH]c(C34CC5CC(CC(C5)C3)C4)cc2c1. The predicted octanol–water partition coefficient (Wildman–Crippen LogP) is 4.22. The molecule has 2 nitrogen and oxygen atoms in total. The highest BCUT2D eigenvalue weighted by atomic mass is 14.8. The molecule has 2 aromatic rings. The van der Waals surface area contributed by atoms with E-state index in [0.29, 0.717) is 5.41 Å². The number of fused-ring (bicyclic) bond motifs is 1. The zero-order valence-electron chi connectivity index (χ0n) is 11.9. The van der Waals surface area contributed by atoms with Gasteiger partial charge in [-0.3, -0.25) is 0 Å². The van der Waals surface area contributed by atoms with E-state index in [0.717, 1.165) is 23.4 Å². The van der Waals surface area contributed by atoms with Crippen LogP contribution in [0.3, 0.4) is 0 Å². The van der Waals surface area contributed by atoms with Gasteiger partial charge in [-0.15, -0.1) is 0 Å². The fourth-order valence-corrected chi connectivity index (χ4v) is 5.88. The zero-order valence-corrected chi connectivity index (χ0v) is 11.9. The maximum absolute atomic E-state index is 5.93. The van der Waals surface area contributed by atoms with Crippen molar-refractivity contribution >= 4 is 16.6 Å². The molecule has 6 rings (SSSR count). The van der Waals surface area contributed by atoms with E-state index in [1.807, 2.05) is 6.07 Å². The fourth-order valence-electron chi connectivity index (χ4n) is 5.88. The van der Waals surface area contributed by atoms with Gasteiger partial charge in [-0.2, -0.15) is 0 Å². The largest absolute Gasteiger partial charge is 0.399 e. The van der Waals surface area contributed by atoms with E-state index in [1.54, 1.807) is 0 Å². The van der Waals surface area contributed by atoms with Crippen molar-refractivity contribution in [1.29, 1.82) is 0 Å². The Morgan fingerprint density at radius 1 is 0.950 bits per heavy atom. The first-order valence-corrected chi connectivity index (χ1v) is 8.09. The second-order valence-electron chi connectivity index (χ2n) is 7.73. The average molecular weight is 266 g/mol. The van der Waals surface area contributed by atoms with E-state index >= 15 is 0 Å². The van der Waals surface area contributed by atoms with Crippen molar-refractivity contribution in [3.8, 4) is 0 Å². The van der Waals surface area contributed by atoms with Crippen LogP contribution in [0.5, 0.6) is 0 Å². The maximum atomic E-state index is 5.93. The number of anilines is 1. The van der Waals surface area contributed by atoms with Gasteiger partial charge in [0.2, 0.25) is 0 Å². The topological polar surface area (TPSA) is 41.8 Å². The van der Waals surface area contributed by atoms with Crippen LogP contribution in [-0.4, -0.2) is 4.98 Å². The number of aromatic nitrogens is 1. The summed E-state index contributed by atoms with van der Waals surface area (Å²) in [6.45, 7) is 0. The first-order valence-electron chi connectivity index (χ1n) is 8.09. The van der Waals surface area contributed by atoms with Crippen LogP contribution < -0.4 is 5.73 Å². The molecular formula is C18H22N2. The molecule has 0 amide bonds. The molecule has 104 valence electrons. The molecule has 4 aliphatic rings. The molecule has 2 heteroatoms. The molecule has 0 radical (unpaired) electrons. The number of H-pyrrole nitrogens is 1. The lowest BCUT2D eigenvalue weighted by molar-refractivity contribution is -0.00686. The molecular weight excluding hydrogens is 244 g/mol. The summed E-state index contributed by atoms with van der Waals surface area (Å²) < 4.78 is 0. The van der Waals surface area contributed by atoms with Crippen LogP contribution in [0.2, 0.25) is 0 Å². The standard InChI is InChI=1S/C18H22N2/c19-15-1-2-16-14(6-15)7-17(20-16)18-8-11-3-12(9-18)5-13(4-11)10-18/h1-2,6-7,11-13,20H,3-5,8-10,19H2. The Morgan fingerprint density at radius 3 is 2.25 bits per heavy atom. The summed E-state index contributed by atoms with van der Waals surface area (Å²) in [5.74, 6) is 2.99. The molecule has 4 bridgehead atoms. The minimum atomic E-state index is 0.461. The van der Waals surface area contributed by atoms with Gasteiger partial charge in [0.1, 0.15) is 0 Å². The minimum Gasteiger partial charge on any atom is -0.399 e. The molecule has 0 aliphatic heterocycles. The second kappa shape index (κ2) is 3.60. The van der Waals surface area contributed by atoms with E-state index in [2.05, 4.69) is 23.2 Å². The van der Waals surface area contributed by atoms with Gasteiger partial charge in [0.05, 0.1) is 0 Å². The highest BCUT2D eigenvalue weighted by Crippen LogP contribution is 2.60. The van der Waals surface area contributed by atoms with E-state index in [-0.39, 0.29) is 0 Å². The third kappa shape index (κ3) is 1.45. The average Bonchev–Trinajstić information content (AvgIpc) is 2.80. The van der Waals surface area contributed by atoms with Gasteiger partial charge in [0.25, 0.3) is 0 Å². The Kier molecular flexibility index (Phi) is 2.03. The van der Waals surface area contributed by atoms with Crippen molar-refractivity contribution in [3.05, 3.63) is 30.0 Å². The lowest BCUT2D eigenvalue weighted by atomic mass is 9.49. The Labute approximate surface area is 119 Å². The lowest BCUT2D eigenvalue weighted by Gasteiger charge is -2.56. The van der Waals surface area contributed by atoms with Crippen LogP contribution in [0.25, 0.3) is 10.9 Å². The summed E-state index contributed by atoms with van der Waals surface area (Å²) >= 11 is 0. The Morgan fingerprint density at radius 2 is 1.60 bits per heavy atom. The summed E-state index contributed by atoms with van der Waals surface area (Å²) in [4.78, 5) is 3.72. The fraction of sp³-hybridized carbons (Fsp3) is 0.556. The molecule has 0 atom stereocenters. The predicted molar refractivity (Wildman–Crippen MR) is 82.6 cm³/mol. The molecule has 1 aromatic heterocycles. The van der Waals surface area contributed by atoms with Gasteiger partial charge in [0, 0.05) is 27.7 Å². The maximum Gasteiger partial charge on any atom is 0.0457 e. The quantitative estimate of drug-likeness (QED) is 0.746. The number of hydrogen-bond donors (Lipinski definition) is 2. The van der Waals surface area contributed by atoms with E-state index in [4.69, 9.17) is 5.73 Å². The van der Waals surface area contributed by atoms with Crippen molar-refractivity contribution in [2.24, 2.45) is 17.8 Å². The molecule has 1 aromatic carbocycles. The molecule has 1 heterocycles. The van der Waals surface area contributed by atoms with Crippen LogP contribution in [-0.2, 0) is 5.41 Å². The minimum absolute atomic E-state index is 0.461. The Bertz CT molecular complexity index is 646. The van der Waals surface area contributed by atoms with E-state index in [9.17, 15) is 0 Å². The summed E-state index contributed by atoms with van der Waals surface area (Å²) in [6, 6.07) is 8.63. The van der Waals surface area contributed by atoms with Gasteiger partial charge >= 0.3 is 0 Å². The number of aromatic amines is 1. The Hall–Kier alpha value is -1.44. The number of nitrogens with two attached hydrogens (primary N) is 1.